The van der Waals surface area contributed by atoms with Gasteiger partial charge in [0, 0.05) is 34.8 Å². The molecule has 2 unspecified atom stereocenters. The first-order valence-electron chi connectivity index (χ1n) is 9.28. The van der Waals surface area contributed by atoms with Crippen molar-refractivity contribution in [3.05, 3.63) is 81.3 Å². The first-order valence-corrected chi connectivity index (χ1v) is 10.5. The van der Waals surface area contributed by atoms with Crippen molar-refractivity contribution in [1.82, 2.24) is 14.9 Å². The number of pyridine rings is 1. The van der Waals surface area contributed by atoms with Gasteiger partial charge >= 0.3 is 0 Å². The van der Waals surface area contributed by atoms with Gasteiger partial charge in [-0.05, 0) is 80.5 Å². The minimum Gasteiger partial charge on any atom is -0.352 e. The molecule has 144 valence electrons. The van der Waals surface area contributed by atoms with Gasteiger partial charge in [-0.1, -0.05) is 22.0 Å². The van der Waals surface area contributed by atoms with Crippen LogP contribution < -0.4 is 10.2 Å². The molecule has 2 aromatic heterocycles. The number of halogens is 1. The summed E-state index contributed by atoms with van der Waals surface area (Å²) >= 11 is 9.41. The summed E-state index contributed by atoms with van der Waals surface area (Å²) in [7, 11) is 2.11. The van der Waals surface area contributed by atoms with Gasteiger partial charge in [0.2, 0.25) is 0 Å². The molecule has 1 N–H and O–H groups in total. The second kappa shape index (κ2) is 7.33. The van der Waals surface area contributed by atoms with Crippen molar-refractivity contribution < 1.29 is 0 Å². The molecule has 1 aliphatic heterocycles. The van der Waals surface area contributed by atoms with E-state index >= 15 is 0 Å². The maximum Gasteiger partial charge on any atom is 0.174 e. The summed E-state index contributed by atoms with van der Waals surface area (Å²) in [5.74, 6) is 0. The minimum atomic E-state index is -0.0156. The predicted molar refractivity (Wildman–Crippen MR) is 122 cm³/mol. The van der Waals surface area contributed by atoms with Gasteiger partial charge in [0.1, 0.15) is 0 Å². The summed E-state index contributed by atoms with van der Waals surface area (Å²) in [6, 6.07) is 14.7. The van der Waals surface area contributed by atoms with E-state index in [9.17, 15) is 0 Å². The molecule has 1 fully saturated rings. The number of hydrogen-bond donors (Lipinski definition) is 1. The van der Waals surface area contributed by atoms with E-state index in [-0.39, 0.29) is 12.1 Å². The Bertz CT molecular complexity index is 1040. The Balaban J connectivity index is 1.89. The third kappa shape index (κ3) is 3.14. The zero-order valence-corrected chi connectivity index (χ0v) is 18.8. The van der Waals surface area contributed by atoms with Crippen LogP contribution in [0.4, 0.5) is 5.69 Å². The van der Waals surface area contributed by atoms with Crippen molar-refractivity contribution in [3.8, 4) is 0 Å². The number of rotatable bonds is 3. The van der Waals surface area contributed by atoms with Gasteiger partial charge < -0.3 is 14.8 Å². The van der Waals surface area contributed by atoms with Gasteiger partial charge in [0.25, 0.3) is 0 Å². The fraction of sp³-hybridized carbons (Fsp3) is 0.273. The molecule has 0 aliphatic carbocycles. The number of nitrogens with one attached hydrogen (secondary N) is 1. The highest BCUT2D eigenvalue weighted by molar-refractivity contribution is 9.10. The number of aryl methyl sites for hydroxylation is 2. The molecule has 0 bridgehead atoms. The van der Waals surface area contributed by atoms with Gasteiger partial charge in [0.15, 0.2) is 5.11 Å². The van der Waals surface area contributed by atoms with E-state index in [1.165, 1.54) is 22.5 Å². The zero-order chi connectivity index (χ0) is 20.0. The summed E-state index contributed by atoms with van der Waals surface area (Å²) in [6.07, 6.45) is 1.84. The zero-order valence-electron chi connectivity index (χ0n) is 16.4. The molecule has 4 rings (SSSR count). The second-order valence-electron chi connectivity index (χ2n) is 7.32. The molecule has 0 spiro atoms. The maximum atomic E-state index is 5.80. The van der Waals surface area contributed by atoms with Crippen LogP contribution in [-0.2, 0) is 7.05 Å². The number of anilines is 1. The fourth-order valence-electron chi connectivity index (χ4n) is 3.91. The van der Waals surface area contributed by atoms with Gasteiger partial charge in [-0.15, -0.1) is 0 Å². The highest BCUT2D eigenvalue weighted by atomic mass is 79.9. The van der Waals surface area contributed by atoms with E-state index in [2.05, 4.69) is 93.8 Å². The molecular weight excluding hydrogens is 432 g/mol. The van der Waals surface area contributed by atoms with Crippen molar-refractivity contribution in [3.63, 3.8) is 0 Å². The molecule has 1 aliphatic rings. The Morgan fingerprint density at radius 1 is 1.11 bits per heavy atom. The van der Waals surface area contributed by atoms with Gasteiger partial charge in [0.05, 0.1) is 17.8 Å². The summed E-state index contributed by atoms with van der Waals surface area (Å²) < 4.78 is 3.33. The minimum absolute atomic E-state index is 0.0156. The van der Waals surface area contributed by atoms with Crippen molar-refractivity contribution in [2.45, 2.75) is 32.9 Å². The van der Waals surface area contributed by atoms with Crippen molar-refractivity contribution in [2.75, 3.05) is 4.90 Å². The number of thiocarbonyl (C=S) groups is 1. The van der Waals surface area contributed by atoms with Crippen molar-refractivity contribution in [1.29, 1.82) is 0 Å². The van der Waals surface area contributed by atoms with E-state index < -0.39 is 0 Å². The van der Waals surface area contributed by atoms with E-state index in [1.807, 2.05) is 18.3 Å². The molecule has 2 atom stereocenters. The largest absolute Gasteiger partial charge is 0.352 e. The summed E-state index contributed by atoms with van der Waals surface area (Å²) in [5, 5.41) is 4.26. The SMILES string of the molecule is Cc1cc(N2C(=S)NC(c3ccccn3)C2c2cc(C)n(C)c2C)ccc1Br. The van der Waals surface area contributed by atoms with Crippen LogP contribution in [0, 0.1) is 20.8 Å². The lowest BCUT2D eigenvalue weighted by atomic mass is 9.96. The Kier molecular flexibility index (Phi) is 5.02. The van der Waals surface area contributed by atoms with Crippen LogP contribution in [0.3, 0.4) is 0 Å². The molecule has 0 amide bonds. The number of aromatic nitrogens is 2. The van der Waals surface area contributed by atoms with Crippen LogP contribution in [-0.4, -0.2) is 14.7 Å². The summed E-state index contributed by atoms with van der Waals surface area (Å²) in [5.41, 5.74) is 7.00. The number of benzene rings is 1. The second-order valence-corrected chi connectivity index (χ2v) is 8.56. The van der Waals surface area contributed by atoms with E-state index in [1.54, 1.807) is 0 Å². The average Bonchev–Trinajstić information content (AvgIpc) is 3.16. The highest BCUT2D eigenvalue weighted by Crippen LogP contribution is 2.43. The Morgan fingerprint density at radius 2 is 1.89 bits per heavy atom. The molecule has 28 heavy (non-hydrogen) atoms. The Hall–Kier alpha value is -2.18. The normalized spacial score (nSPS) is 19.2. The molecule has 3 heterocycles. The quantitative estimate of drug-likeness (QED) is 0.545. The van der Waals surface area contributed by atoms with Crippen molar-refractivity contribution in [2.24, 2.45) is 7.05 Å². The van der Waals surface area contributed by atoms with E-state index in [0.29, 0.717) is 0 Å². The van der Waals surface area contributed by atoms with Crippen LogP contribution in [0.2, 0.25) is 0 Å². The smallest absolute Gasteiger partial charge is 0.174 e. The Morgan fingerprint density at radius 3 is 2.50 bits per heavy atom. The number of nitrogens with zero attached hydrogens (tertiary/aromatic N) is 3. The van der Waals surface area contributed by atoms with Gasteiger partial charge in [-0.3, -0.25) is 4.98 Å². The monoisotopic (exact) mass is 454 g/mol. The molecule has 4 nitrogen and oxygen atoms in total. The molecule has 6 heteroatoms. The lowest BCUT2D eigenvalue weighted by Gasteiger charge is -2.28. The van der Waals surface area contributed by atoms with Crippen LogP contribution in [0.1, 0.15) is 40.3 Å². The molecule has 0 radical (unpaired) electrons. The van der Waals surface area contributed by atoms with Crippen LogP contribution >= 0.6 is 28.1 Å². The summed E-state index contributed by atoms with van der Waals surface area (Å²) in [6.45, 7) is 6.41. The number of hydrogen-bond acceptors (Lipinski definition) is 2. The average molecular weight is 455 g/mol. The molecule has 1 aromatic carbocycles. The molecule has 3 aromatic rings. The standard InChI is InChI=1S/C22H23BrN4S/c1-13-11-16(8-9-18(13)23)27-21(17-12-14(2)26(4)15(17)3)20(25-22(27)28)19-7-5-6-10-24-19/h5-12,20-21H,1-4H3,(H,25,28). The molecule has 0 saturated carbocycles. The van der Waals surface area contributed by atoms with Crippen LogP contribution in [0.15, 0.2) is 53.1 Å². The van der Waals surface area contributed by atoms with Crippen LogP contribution in [0.5, 0.6) is 0 Å². The van der Waals surface area contributed by atoms with Crippen LogP contribution in [0.25, 0.3) is 0 Å². The topological polar surface area (TPSA) is 33.1 Å². The predicted octanol–water partition coefficient (Wildman–Crippen LogP) is 5.28. The highest BCUT2D eigenvalue weighted by Gasteiger charge is 2.42. The first-order chi connectivity index (χ1) is 13.4. The third-order valence-electron chi connectivity index (χ3n) is 5.65. The fourth-order valence-corrected chi connectivity index (χ4v) is 4.50. The maximum absolute atomic E-state index is 5.80. The van der Waals surface area contributed by atoms with Crippen molar-refractivity contribution >= 4 is 38.9 Å². The van der Waals surface area contributed by atoms with Gasteiger partial charge in [-0.25, -0.2) is 0 Å². The lowest BCUT2D eigenvalue weighted by molar-refractivity contribution is 0.564. The van der Waals surface area contributed by atoms with E-state index in [0.717, 1.165) is 21.0 Å². The lowest BCUT2D eigenvalue weighted by Crippen LogP contribution is -2.29. The van der Waals surface area contributed by atoms with Gasteiger partial charge in [-0.2, -0.15) is 0 Å². The summed E-state index contributed by atoms with van der Waals surface area (Å²) in [4.78, 5) is 6.86. The first kappa shape index (κ1) is 19.2. The molecule has 1 saturated heterocycles. The molecular formula is C22H23BrN4S. The Labute approximate surface area is 179 Å². The van der Waals surface area contributed by atoms with E-state index in [4.69, 9.17) is 12.2 Å². The third-order valence-corrected chi connectivity index (χ3v) is 6.86.